The molecule has 2 rings (SSSR count). The molecule has 0 heterocycles. The van der Waals surface area contributed by atoms with Crippen molar-refractivity contribution in [2.45, 2.75) is 12.3 Å². The van der Waals surface area contributed by atoms with Gasteiger partial charge < -0.3 is 4.74 Å². The normalized spacial score (nSPS) is 10.2. The summed E-state index contributed by atoms with van der Waals surface area (Å²) >= 11 is 3.39. The standard InChI is InChI=1S/C15H12BrNO2/c1-2-19-15(18)12-6-11-5-10(8-16)3-4-14(11)13(7-12)9-17/h3-7H,2,8H2,1H3. The number of nitrogens with zero attached hydrogens (tertiary/aromatic N) is 1. The minimum atomic E-state index is -0.398. The molecule has 2 aromatic carbocycles. The Labute approximate surface area is 119 Å². The fourth-order valence-electron chi connectivity index (χ4n) is 1.93. The zero-order valence-corrected chi connectivity index (χ0v) is 12.0. The first-order valence-corrected chi connectivity index (χ1v) is 7.01. The molecule has 0 unspecified atom stereocenters. The summed E-state index contributed by atoms with van der Waals surface area (Å²) in [5.41, 5.74) is 2.00. The molecule has 0 saturated heterocycles. The highest BCUT2D eigenvalue weighted by atomic mass is 79.9. The summed E-state index contributed by atoms with van der Waals surface area (Å²) < 4.78 is 4.98. The Balaban J connectivity index is 2.63. The molecule has 19 heavy (non-hydrogen) atoms. The van der Waals surface area contributed by atoms with Crippen molar-refractivity contribution in [1.29, 1.82) is 5.26 Å². The van der Waals surface area contributed by atoms with E-state index in [0.717, 1.165) is 21.7 Å². The van der Waals surface area contributed by atoms with Crippen molar-refractivity contribution in [1.82, 2.24) is 0 Å². The SMILES string of the molecule is CCOC(=O)c1cc(C#N)c2ccc(CBr)cc2c1. The van der Waals surface area contributed by atoms with E-state index in [-0.39, 0.29) is 0 Å². The van der Waals surface area contributed by atoms with E-state index in [4.69, 9.17) is 4.74 Å². The van der Waals surface area contributed by atoms with Crippen LogP contribution in [0.3, 0.4) is 0 Å². The lowest BCUT2D eigenvalue weighted by Gasteiger charge is -2.07. The quantitative estimate of drug-likeness (QED) is 0.639. The first-order valence-electron chi connectivity index (χ1n) is 5.89. The molecule has 0 N–H and O–H groups in total. The first-order chi connectivity index (χ1) is 9.19. The predicted molar refractivity (Wildman–Crippen MR) is 77.3 cm³/mol. The van der Waals surface area contributed by atoms with Crippen LogP contribution >= 0.6 is 15.9 Å². The number of carbonyl (C=O) groups excluding carboxylic acids is 1. The molecular weight excluding hydrogens is 306 g/mol. The molecule has 3 nitrogen and oxygen atoms in total. The summed E-state index contributed by atoms with van der Waals surface area (Å²) in [7, 11) is 0. The number of nitriles is 1. The summed E-state index contributed by atoms with van der Waals surface area (Å²) in [6, 6.07) is 11.3. The van der Waals surface area contributed by atoms with Crippen LogP contribution in [0.25, 0.3) is 10.8 Å². The Morgan fingerprint density at radius 2 is 2.16 bits per heavy atom. The van der Waals surface area contributed by atoms with E-state index >= 15 is 0 Å². The van der Waals surface area contributed by atoms with Gasteiger partial charge in [0.2, 0.25) is 0 Å². The number of fused-ring (bicyclic) bond motifs is 1. The van der Waals surface area contributed by atoms with Crippen molar-refractivity contribution >= 4 is 32.7 Å². The smallest absolute Gasteiger partial charge is 0.338 e. The average Bonchev–Trinajstić information content (AvgIpc) is 2.45. The number of carbonyl (C=O) groups is 1. The van der Waals surface area contributed by atoms with E-state index in [1.807, 2.05) is 18.2 Å². The Hall–Kier alpha value is -1.86. The maximum atomic E-state index is 11.8. The molecule has 0 amide bonds. The van der Waals surface area contributed by atoms with Gasteiger partial charge in [-0.1, -0.05) is 34.1 Å². The molecule has 0 fully saturated rings. The first kappa shape index (κ1) is 13.6. The second kappa shape index (κ2) is 5.85. The van der Waals surface area contributed by atoms with E-state index in [1.165, 1.54) is 0 Å². The Kier molecular flexibility index (Phi) is 4.18. The second-order valence-corrected chi connectivity index (χ2v) is 4.61. The summed E-state index contributed by atoms with van der Waals surface area (Å²) in [6.07, 6.45) is 0. The van der Waals surface area contributed by atoms with Gasteiger partial charge in [0, 0.05) is 5.33 Å². The van der Waals surface area contributed by atoms with E-state index in [9.17, 15) is 10.1 Å². The number of esters is 1. The van der Waals surface area contributed by atoms with Crippen molar-refractivity contribution in [3.05, 3.63) is 47.0 Å². The van der Waals surface area contributed by atoms with Gasteiger partial charge in [0.1, 0.15) is 0 Å². The van der Waals surface area contributed by atoms with Crippen LogP contribution in [0.1, 0.15) is 28.4 Å². The number of hydrogen-bond acceptors (Lipinski definition) is 3. The molecule has 0 aliphatic rings. The molecule has 0 bridgehead atoms. The van der Waals surface area contributed by atoms with Crippen LogP contribution in [-0.4, -0.2) is 12.6 Å². The highest BCUT2D eigenvalue weighted by Gasteiger charge is 2.11. The van der Waals surface area contributed by atoms with Crippen LogP contribution < -0.4 is 0 Å². The molecule has 0 spiro atoms. The maximum Gasteiger partial charge on any atom is 0.338 e. The summed E-state index contributed by atoms with van der Waals surface area (Å²) in [5.74, 6) is -0.398. The van der Waals surface area contributed by atoms with Crippen molar-refractivity contribution < 1.29 is 9.53 Å². The Bertz CT molecular complexity index is 674. The van der Waals surface area contributed by atoms with Crippen molar-refractivity contribution in [3.63, 3.8) is 0 Å². The van der Waals surface area contributed by atoms with E-state index in [1.54, 1.807) is 19.1 Å². The third-order valence-corrected chi connectivity index (χ3v) is 3.45. The predicted octanol–water partition coefficient (Wildman–Crippen LogP) is 3.78. The zero-order chi connectivity index (χ0) is 13.8. The van der Waals surface area contributed by atoms with Crippen LogP contribution in [0.2, 0.25) is 0 Å². The van der Waals surface area contributed by atoms with Crippen LogP contribution in [0.5, 0.6) is 0 Å². The fourth-order valence-corrected chi connectivity index (χ4v) is 2.28. The number of rotatable bonds is 3. The van der Waals surface area contributed by atoms with E-state index < -0.39 is 5.97 Å². The van der Waals surface area contributed by atoms with Crippen LogP contribution in [0.15, 0.2) is 30.3 Å². The third kappa shape index (κ3) is 2.77. The molecule has 4 heteroatoms. The molecule has 0 atom stereocenters. The van der Waals surface area contributed by atoms with Gasteiger partial charge in [0.25, 0.3) is 0 Å². The van der Waals surface area contributed by atoms with Gasteiger partial charge in [-0.05, 0) is 35.4 Å². The van der Waals surface area contributed by atoms with Gasteiger partial charge >= 0.3 is 5.97 Å². The minimum absolute atomic E-state index is 0.320. The van der Waals surface area contributed by atoms with Gasteiger partial charge in [-0.3, -0.25) is 0 Å². The van der Waals surface area contributed by atoms with Crippen LogP contribution in [0.4, 0.5) is 0 Å². The molecule has 2 aromatic rings. The fraction of sp³-hybridized carbons (Fsp3) is 0.200. The molecule has 0 saturated carbocycles. The minimum Gasteiger partial charge on any atom is -0.462 e. The van der Waals surface area contributed by atoms with Crippen LogP contribution in [0, 0.1) is 11.3 Å². The molecule has 0 radical (unpaired) electrons. The van der Waals surface area contributed by atoms with Gasteiger partial charge in [-0.25, -0.2) is 4.79 Å². The highest BCUT2D eigenvalue weighted by molar-refractivity contribution is 9.08. The van der Waals surface area contributed by atoms with E-state index in [2.05, 4.69) is 22.0 Å². The average molecular weight is 318 g/mol. The van der Waals surface area contributed by atoms with E-state index in [0.29, 0.717) is 17.7 Å². The van der Waals surface area contributed by atoms with Crippen LogP contribution in [-0.2, 0) is 10.1 Å². The number of halogens is 1. The van der Waals surface area contributed by atoms with Gasteiger partial charge in [0.05, 0.1) is 23.8 Å². The monoisotopic (exact) mass is 317 g/mol. The molecule has 0 aromatic heterocycles. The van der Waals surface area contributed by atoms with Crippen molar-refractivity contribution in [3.8, 4) is 6.07 Å². The van der Waals surface area contributed by atoms with Gasteiger partial charge in [0.15, 0.2) is 0 Å². The lowest BCUT2D eigenvalue weighted by molar-refractivity contribution is 0.0526. The summed E-state index contributed by atoms with van der Waals surface area (Å²) in [4.78, 5) is 11.8. The second-order valence-electron chi connectivity index (χ2n) is 4.05. The number of alkyl halides is 1. The lowest BCUT2D eigenvalue weighted by Crippen LogP contribution is -2.05. The zero-order valence-electron chi connectivity index (χ0n) is 10.4. The molecule has 96 valence electrons. The summed E-state index contributed by atoms with van der Waals surface area (Å²) in [5, 5.41) is 11.6. The molecule has 0 aliphatic carbocycles. The lowest BCUT2D eigenvalue weighted by atomic mass is 10.00. The highest BCUT2D eigenvalue weighted by Crippen LogP contribution is 2.23. The third-order valence-electron chi connectivity index (χ3n) is 2.80. The molecule has 0 aliphatic heterocycles. The van der Waals surface area contributed by atoms with Crippen molar-refractivity contribution in [2.75, 3.05) is 6.61 Å². The Morgan fingerprint density at radius 1 is 1.37 bits per heavy atom. The van der Waals surface area contributed by atoms with Gasteiger partial charge in [-0.2, -0.15) is 5.26 Å². The number of benzene rings is 2. The van der Waals surface area contributed by atoms with Crippen molar-refractivity contribution in [2.24, 2.45) is 0 Å². The topological polar surface area (TPSA) is 50.1 Å². The van der Waals surface area contributed by atoms with Gasteiger partial charge in [-0.15, -0.1) is 0 Å². The maximum absolute atomic E-state index is 11.8. The number of ether oxygens (including phenoxy) is 1. The number of hydrogen-bond donors (Lipinski definition) is 0. The Morgan fingerprint density at radius 3 is 2.79 bits per heavy atom. The molecular formula is C15H12BrNO2. The largest absolute Gasteiger partial charge is 0.462 e. The summed E-state index contributed by atoms with van der Waals surface area (Å²) in [6.45, 7) is 2.08.